The molecule has 0 radical (unpaired) electrons. The fraction of sp³-hybridized carbons (Fsp3) is 0.633. The third kappa shape index (κ3) is 3.25. The van der Waals surface area contributed by atoms with Gasteiger partial charge in [-0.3, -0.25) is 4.79 Å². The Kier molecular flexibility index (Phi) is 6.16. The Morgan fingerprint density at radius 1 is 1.20 bits per heavy atom. The minimum atomic E-state index is -1.86. The average molecular weight is 572 g/mol. The summed E-state index contributed by atoms with van der Waals surface area (Å²) < 4.78 is 43.0. The number of epoxide rings is 1. The van der Waals surface area contributed by atoms with Crippen molar-refractivity contribution in [2.45, 2.75) is 74.5 Å². The summed E-state index contributed by atoms with van der Waals surface area (Å²) in [7, 11) is 4.46. The first-order valence-electron chi connectivity index (χ1n) is 14.3. The Balaban J connectivity index is 1.50. The monoisotopic (exact) mass is 571 g/mol. The zero-order valence-corrected chi connectivity index (χ0v) is 23.8. The first kappa shape index (κ1) is 27.3. The molecule has 0 amide bonds. The maximum atomic E-state index is 13.1. The van der Waals surface area contributed by atoms with Gasteiger partial charge >= 0.3 is 0 Å². The molecule has 11 nitrogen and oxygen atoms in total. The molecule has 3 aliphatic heterocycles. The number of ether oxygens (including phenoxy) is 7. The summed E-state index contributed by atoms with van der Waals surface area (Å²) in [4.78, 5) is 13.1. The van der Waals surface area contributed by atoms with Crippen LogP contribution in [0.2, 0.25) is 0 Å². The first-order chi connectivity index (χ1) is 19.7. The average Bonchev–Trinajstić information content (AvgIpc) is 3.65. The molecule has 11 heteroatoms. The van der Waals surface area contributed by atoms with Gasteiger partial charge in [-0.05, 0) is 50.8 Å². The molecule has 2 saturated heterocycles. The minimum absolute atomic E-state index is 0.128. The predicted octanol–water partition coefficient (Wildman–Crippen LogP) is 2.41. The van der Waals surface area contributed by atoms with Gasteiger partial charge in [0.1, 0.15) is 23.4 Å². The molecular weight excluding hydrogens is 534 g/mol. The minimum Gasteiger partial charge on any atom is -0.506 e. The van der Waals surface area contributed by atoms with E-state index in [4.69, 9.17) is 38.9 Å². The molecule has 41 heavy (non-hydrogen) atoms. The van der Waals surface area contributed by atoms with Crippen molar-refractivity contribution in [3.05, 3.63) is 28.3 Å². The molecule has 2 aliphatic carbocycles. The van der Waals surface area contributed by atoms with Gasteiger partial charge in [0.05, 0.1) is 37.2 Å². The second kappa shape index (κ2) is 9.24. The summed E-state index contributed by atoms with van der Waals surface area (Å²) in [5.41, 5.74) is 7.28. The smallest absolute Gasteiger partial charge is 0.269 e. The molecule has 0 aromatic heterocycles. The van der Waals surface area contributed by atoms with Crippen LogP contribution in [0.3, 0.4) is 0 Å². The number of fused-ring (bicyclic) bond motifs is 6. The van der Waals surface area contributed by atoms with Crippen molar-refractivity contribution >= 4 is 16.6 Å². The molecule has 6 atom stereocenters. The summed E-state index contributed by atoms with van der Waals surface area (Å²) in [5.74, 6) is -3.74. The lowest BCUT2D eigenvalue weighted by molar-refractivity contribution is -0.399. The largest absolute Gasteiger partial charge is 0.506 e. The SMILES string of the molecule is COc1c2c(c(O)c3c4c(c(C)cc13)C1C3OC(O)(C(OC)OC)C1[C@]1(CO1)[C@]3(OCCCCN)O4)C(=O)CCC2. The Bertz CT molecular complexity index is 1430. The van der Waals surface area contributed by atoms with Gasteiger partial charge in [0, 0.05) is 43.1 Å². The molecule has 2 aromatic carbocycles. The fourth-order valence-corrected chi connectivity index (χ4v) is 8.19. The van der Waals surface area contributed by atoms with E-state index in [0.717, 1.165) is 17.5 Å². The van der Waals surface area contributed by atoms with E-state index in [0.29, 0.717) is 66.7 Å². The van der Waals surface area contributed by atoms with Gasteiger partial charge in [-0.25, -0.2) is 0 Å². The van der Waals surface area contributed by atoms with Crippen LogP contribution in [0.5, 0.6) is 17.2 Å². The molecule has 222 valence electrons. The molecule has 4 unspecified atom stereocenters. The summed E-state index contributed by atoms with van der Waals surface area (Å²) in [6.07, 6.45) is 1.23. The van der Waals surface area contributed by atoms with Crippen LogP contribution in [0.15, 0.2) is 6.07 Å². The third-order valence-corrected chi connectivity index (χ3v) is 9.77. The number of rotatable bonds is 9. The quantitative estimate of drug-likeness (QED) is 0.231. The third-order valence-electron chi connectivity index (χ3n) is 9.77. The van der Waals surface area contributed by atoms with E-state index < -0.39 is 41.4 Å². The van der Waals surface area contributed by atoms with Crippen LogP contribution in [-0.4, -0.2) is 86.7 Å². The van der Waals surface area contributed by atoms with E-state index >= 15 is 0 Å². The van der Waals surface area contributed by atoms with Gasteiger partial charge in [0.2, 0.25) is 12.1 Å². The maximum Gasteiger partial charge on any atom is 0.269 e. The number of hydrogen-bond acceptors (Lipinski definition) is 11. The number of carbonyl (C=O) groups excluding carboxylic acids is 1. The highest BCUT2D eigenvalue weighted by molar-refractivity contribution is 6.11. The Hall–Kier alpha value is -2.51. The second-order valence-electron chi connectivity index (χ2n) is 11.8. The summed E-state index contributed by atoms with van der Waals surface area (Å²) in [6, 6.07) is 1.95. The van der Waals surface area contributed by atoms with Gasteiger partial charge in [0.25, 0.3) is 5.79 Å². The molecule has 4 bridgehead atoms. The number of aromatic hydroxyl groups is 1. The standard InChI is InChI=1S/C30H37NO10/c1-14-12-16-20(22(33)19-15(23(16)35-2)8-7-9-17(19)32)24-18(14)21-25-28(13-39-28)30(40-24,38-11-6-5-10-31)26(21)41-29(25,34)27(36-3)37-4/h12,21,25-27,33-34H,5-11,13,31H2,1-4H3/t21?,25?,26?,28-,29?,30-/m1/s1. The van der Waals surface area contributed by atoms with Crippen LogP contribution in [0, 0.1) is 12.8 Å². The van der Waals surface area contributed by atoms with Crippen molar-refractivity contribution in [2.24, 2.45) is 11.7 Å². The molecule has 2 aromatic rings. The Morgan fingerprint density at radius 2 is 1.95 bits per heavy atom. The van der Waals surface area contributed by atoms with Crippen molar-refractivity contribution in [2.75, 3.05) is 41.1 Å². The molecule has 7 rings (SSSR count). The molecule has 5 aliphatic rings. The summed E-state index contributed by atoms with van der Waals surface area (Å²) in [6.45, 7) is 3.06. The van der Waals surface area contributed by atoms with Crippen LogP contribution in [0.25, 0.3) is 10.8 Å². The number of aliphatic hydroxyl groups is 1. The zero-order chi connectivity index (χ0) is 28.9. The number of unbranched alkanes of at least 4 members (excludes halogenated alkanes) is 1. The number of hydrogen-bond donors (Lipinski definition) is 3. The van der Waals surface area contributed by atoms with Crippen molar-refractivity contribution in [1.29, 1.82) is 0 Å². The number of ketones is 1. The number of nitrogens with two attached hydrogens (primary N) is 1. The number of Topliss-reactive ketones (excluding diaryl/α,β-unsaturated/α-hetero) is 1. The van der Waals surface area contributed by atoms with E-state index in [-0.39, 0.29) is 23.7 Å². The molecule has 3 fully saturated rings. The van der Waals surface area contributed by atoms with E-state index in [2.05, 4.69) is 0 Å². The maximum absolute atomic E-state index is 13.1. The molecule has 1 saturated carbocycles. The predicted molar refractivity (Wildman–Crippen MR) is 144 cm³/mol. The zero-order valence-electron chi connectivity index (χ0n) is 23.8. The number of methoxy groups -OCH3 is 3. The highest BCUT2D eigenvalue weighted by atomic mass is 16.8. The van der Waals surface area contributed by atoms with Gasteiger partial charge in [-0.15, -0.1) is 0 Å². The molecular formula is C30H37NO10. The number of benzene rings is 2. The number of phenols is 1. The van der Waals surface area contributed by atoms with E-state index in [1.165, 1.54) is 14.2 Å². The highest BCUT2D eigenvalue weighted by Crippen LogP contribution is 2.75. The normalized spacial score (nSPS) is 34.3. The lowest BCUT2D eigenvalue weighted by Gasteiger charge is -2.48. The Labute approximate surface area is 237 Å². The first-order valence-corrected chi connectivity index (χ1v) is 14.3. The molecule has 3 heterocycles. The van der Waals surface area contributed by atoms with Crippen molar-refractivity contribution in [1.82, 2.24) is 0 Å². The van der Waals surface area contributed by atoms with Gasteiger partial charge in [-0.2, -0.15) is 0 Å². The van der Waals surface area contributed by atoms with Gasteiger partial charge in [-0.1, -0.05) is 0 Å². The number of phenolic OH excluding ortho intramolecular Hbond substituents is 1. The van der Waals surface area contributed by atoms with Crippen molar-refractivity contribution < 1.29 is 48.2 Å². The van der Waals surface area contributed by atoms with E-state index in [9.17, 15) is 15.0 Å². The lowest BCUT2D eigenvalue weighted by atomic mass is 9.77. The fourth-order valence-electron chi connectivity index (χ4n) is 8.19. The van der Waals surface area contributed by atoms with Crippen LogP contribution < -0.4 is 15.2 Å². The number of carbonyl (C=O) groups is 1. The molecule has 4 N–H and O–H groups in total. The van der Waals surface area contributed by atoms with Crippen LogP contribution >= 0.6 is 0 Å². The Morgan fingerprint density at radius 3 is 2.61 bits per heavy atom. The summed E-state index contributed by atoms with van der Waals surface area (Å²) in [5, 5.41) is 24.8. The summed E-state index contributed by atoms with van der Waals surface area (Å²) >= 11 is 0. The van der Waals surface area contributed by atoms with Crippen molar-refractivity contribution in [3.8, 4) is 17.2 Å². The number of aryl methyl sites for hydroxylation is 1. The topological polar surface area (TPSA) is 151 Å². The van der Waals surface area contributed by atoms with Crippen LogP contribution in [-0.2, 0) is 30.1 Å². The van der Waals surface area contributed by atoms with Crippen molar-refractivity contribution in [3.63, 3.8) is 0 Å². The molecule has 1 spiro atoms. The van der Waals surface area contributed by atoms with Gasteiger partial charge < -0.3 is 49.1 Å². The highest BCUT2D eigenvalue weighted by Gasteiger charge is 2.91. The lowest BCUT2D eigenvalue weighted by Crippen LogP contribution is -2.68. The van der Waals surface area contributed by atoms with Crippen LogP contribution in [0.1, 0.15) is 58.6 Å². The second-order valence-corrected chi connectivity index (χ2v) is 11.8. The van der Waals surface area contributed by atoms with E-state index in [1.54, 1.807) is 7.11 Å². The van der Waals surface area contributed by atoms with Gasteiger partial charge in [0.15, 0.2) is 11.4 Å². The van der Waals surface area contributed by atoms with E-state index in [1.807, 2.05) is 13.0 Å². The van der Waals surface area contributed by atoms with Crippen LogP contribution in [0.4, 0.5) is 0 Å².